The van der Waals surface area contributed by atoms with Crippen LogP contribution in [0.4, 0.5) is 0 Å². The Bertz CT molecular complexity index is 139. The van der Waals surface area contributed by atoms with Gasteiger partial charge in [-0.1, -0.05) is 0 Å². The SMILES string of the molecule is CC(O)CCOC1CCCNC1C. The van der Waals surface area contributed by atoms with Crippen LogP contribution >= 0.6 is 0 Å². The van der Waals surface area contributed by atoms with Crippen LogP contribution in [-0.4, -0.2) is 36.5 Å². The van der Waals surface area contributed by atoms with Crippen molar-refractivity contribution in [3.8, 4) is 0 Å². The zero-order chi connectivity index (χ0) is 9.68. The second kappa shape index (κ2) is 5.58. The predicted octanol–water partition coefficient (Wildman–Crippen LogP) is 0.914. The normalized spacial score (nSPS) is 31.6. The number of aliphatic hydroxyl groups excluding tert-OH is 1. The molecular weight excluding hydrogens is 166 g/mol. The summed E-state index contributed by atoms with van der Waals surface area (Å²) in [6.45, 7) is 5.74. The minimum absolute atomic E-state index is 0.244. The van der Waals surface area contributed by atoms with Gasteiger partial charge in [-0.15, -0.1) is 0 Å². The van der Waals surface area contributed by atoms with E-state index in [0.717, 1.165) is 19.4 Å². The standard InChI is InChI=1S/C10H21NO2/c1-8(12)5-7-13-10-4-3-6-11-9(10)2/h8-12H,3-7H2,1-2H3. The Morgan fingerprint density at radius 1 is 1.62 bits per heavy atom. The first-order valence-corrected chi connectivity index (χ1v) is 5.23. The van der Waals surface area contributed by atoms with E-state index in [1.807, 2.05) is 0 Å². The molecule has 0 radical (unpaired) electrons. The van der Waals surface area contributed by atoms with E-state index in [-0.39, 0.29) is 6.10 Å². The van der Waals surface area contributed by atoms with Crippen LogP contribution in [0.25, 0.3) is 0 Å². The number of rotatable bonds is 4. The highest BCUT2D eigenvalue weighted by Crippen LogP contribution is 2.12. The third-order valence-corrected chi connectivity index (χ3v) is 2.56. The van der Waals surface area contributed by atoms with Crippen molar-refractivity contribution >= 4 is 0 Å². The number of ether oxygens (including phenoxy) is 1. The van der Waals surface area contributed by atoms with Gasteiger partial charge < -0.3 is 15.2 Å². The molecule has 78 valence electrons. The third kappa shape index (κ3) is 4.07. The molecule has 1 fully saturated rings. The fourth-order valence-corrected chi connectivity index (χ4v) is 1.63. The zero-order valence-electron chi connectivity index (χ0n) is 8.62. The van der Waals surface area contributed by atoms with Crippen LogP contribution in [0, 0.1) is 0 Å². The van der Waals surface area contributed by atoms with Crippen molar-refractivity contribution in [1.82, 2.24) is 5.32 Å². The Hall–Kier alpha value is -0.120. The lowest BCUT2D eigenvalue weighted by Gasteiger charge is -2.30. The second-order valence-corrected chi connectivity index (χ2v) is 3.93. The van der Waals surface area contributed by atoms with Crippen LogP contribution in [0.1, 0.15) is 33.1 Å². The summed E-state index contributed by atoms with van der Waals surface area (Å²) in [4.78, 5) is 0. The lowest BCUT2D eigenvalue weighted by atomic mass is 10.0. The number of piperidine rings is 1. The van der Waals surface area contributed by atoms with Gasteiger partial charge in [-0.3, -0.25) is 0 Å². The molecule has 1 aliphatic rings. The van der Waals surface area contributed by atoms with Crippen LogP contribution in [0.5, 0.6) is 0 Å². The second-order valence-electron chi connectivity index (χ2n) is 3.93. The van der Waals surface area contributed by atoms with Crippen LogP contribution < -0.4 is 5.32 Å². The monoisotopic (exact) mass is 187 g/mol. The quantitative estimate of drug-likeness (QED) is 0.687. The summed E-state index contributed by atoms with van der Waals surface area (Å²) in [7, 11) is 0. The summed E-state index contributed by atoms with van der Waals surface area (Å²) in [5, 5.41) is 12.4. The molecule has 0 amide bonds. The Morgan fingerprint density at radius 3 is 3.00 bits per heavy atom. The smallest absolute Gasteiger partial charge is 0.0725 e. The topological polar surface area (TPSA) is 41.5 Å². The fraction of sp³-hybridized carbons (Fsp3) is 1.00. The number of aliphatic hydroxyl groups is 1. The van der Waals surface area contributed by atoms with E-state index in [4.69, 9.17) is 9.84 Å². The first-order chi connectivity index (χ1) is 6.20. The summed E-state index contributed by atoms with van der Waals surface area (Å²) in [6.07, 6.45) is 3.18. The Kier molecular flexibility index (Phi) is 4.70. The molecule has 0 aromatic rings. The first kappa shape index (κ1) is 11.0. The highest BCUT2D eigenvalue weighted by atomic mass is 16.5. The van der Waals surface area contributed by atoms with E-state index in [1.165, 1.54) is 6.42 Å². The lowest BCUT2D eigenvalue weighted by Crippen LogP contribution is -2.44. The van der Waals surface area contributed by atoms with E-state index in [0.29, 0.717) is 18.8 Å². The van der Waals surface area contributed by atoms with Crippen molar-refractivity contribution in [1.29, 1.82) is 0 Å². The third-order valence-electron chi connectivity index (χ3n) is 2.56. The molecule has 0 aromatic carbocycles. The van der Waals surface area contributed by atoms with Crippen molar-refractivity contribution in [3.63, 3.8) is 0 Å². The van der Waals surface area contributed by atoms with Gasteiger partial charge in [-0.2, -0.15) is 0 Å². The lowest BCUT2D eigenvalue weighted by molar-refractivity contribution is -0.00136. The van der Waals surface area contributed by atoms with Crippen LogP contribution in [-0.2, 0) is 4.74 Å². The van der Waals surface area contributed by atoms with Gasteiger partial charge in [-0.05, 0) is 39.7 Å². The minimum atomic E-state index is -0.244. The van der Waals surface area contributed by atoms with Crippen molar-refractivity contribution in [2.24, 2.45) is 0 Å². The number of nitrogens with one attached hydrogen (secondary N) is 1. The molecule has 0 aliphatic carbocycles. The van der Waals surface area contributed by atoms with Gasteiger partial charge in [0.1, 0.15) is 0 Å². The van der Waals surface area contributed by atoms with Crippen LogP contribution in [0.15, 0.2) is 0 Å². The Labute approximate surface area is 80.5 Å². The Balaban J connectivity index is 2.11. The van der Waals surface area contributed by atoms with E-state index in [2.05, 4.69) is 12.2 Å². The zero-order valence-corrected chi connectivity index (χ0v) is 8.62. The van der Waals surface area contributed by atoms with Crippen molar-refractivity contribution in [2.45, 2.75) is 51.4 Å². The van der Waals surface area contributed by atoms with Gasteiger partial charge >= 0.3 is 0 Å². The van der Waals surface area contributed by atoms with E-state index < -0.39 is 0 Å². The van der Waals surface area contributed by atoms with Gasteiger partial charge in [0.15, 0.2) is 0 Å². The maximum atomic E-state index is 9.05. The molecule has 0 spiro atoms. The molecule has 13 heavy (non-hydrogen) atoms. The van der Waals surface area contributed by atoms with Gasteiger partial charge in [-0.25, -0.2) is 0 Å². The Morgan fingerprint density at radius 2 is 2.38 bits per heavy atom. The van der Waals surface area contributed by atoms with E-state index in [1.54, 1.807) is 6.92 Å². The molecule has 2 N–H and O–H groups in total. The summed E-state index contributed by atoms with van der Waals surface area (Å²) in [6, 6.07) is 0.461. The number of hydrogen-bond donors (Lipinski definition) is 2. The largest absolute Gasteiger partial charge is 0.393 e. The molecule has 3 unspecified atom stereocenters. The van der Waals surface area contributed by atoms with Crippen molar-refractivity contribution < 1.29 is 9.84 Å². The van der Waals surface area contributed by atoms with Gasteiger partial charge in [0.2, 0.25) is 0 Å². The molecule has 0 aromatic heterocycles. The van der Waals surface area contributed by atoms with Crippen molar-refractivity contribution in [2.75, 3.05) is 13.2 Å². The van der Waals surface area contributed by atoms with Gasteiger partial charge in [0.05, 0.1) is 12.2 Å². The molecule has 0 saturated carbocycles. The van der Waals surface area contributed by atoms with Crippen molar-refractivity contribution in [3.05, 3.63) is 0 Å². The predicted molar refractivity (Wildman–Crippen MR) is 52.7 cm³/mol. The molecule has 0 bridgehead atoms. The average Bonchev–Trinajstić information content (AvgIpc) is 2.08. The molecular formula is C10H21NO2. The maximum absolute atomic E-state index is 9.05. The summed E-state index contributed by atoms with van der Waals surface area (Å²) < 4.78 is 5.68. The molecule has 3 heteroatoms. The molecule has 1 heterocycles. The first-order valence-electron chi connectivity index (χ1n) is 5.23. The fourth-order valence-electron chi connectivity index (χ4n) is 1.63. The highest BCUT2D eigenvalue weighted by Gasteiger charge is 2.20. The van der Waals surface area contributed by atoms with E-state index in [9.17, 15) is 0 Å². The molecule has 3 atom stereocenters. The number of hydrogen-bond acceptors (Lipinski definition) is 3. The van der Waals surface area contributed by atoms with Gasteiger partial charge in [0.25, 0.3) is 0 Å². The van der Waals surface area contributed by atoms with Gasteiger partial charge in [0, 0.05) is 12.6 Å². The highest BCUT2D eigenvalue weighted by molar-refractivity contribution is 4.77. The van der Waals surface area contributed by atoms with E-state index >= 15 is 0 Å². The summed E-state index contributed by atoms with van der Waals surface area (Å²) in [5.74, 6) is 0. The summed E-state index contributed by atoms with van der Waals surface area (Å²) >= 11 is 0. The minimum Gasteiger partial charge on any atom is -0.393 e. The average molecular weight is 187 g/mol. The maximum Gasteiger partial charge on any atom is 0.0725 e. The molecule has 1 rings (SSSR count). The molecule has 1 aliphatic heterocycles. The van der Waals surface area contributed by atoms with Crippen LogP contribution in [0.2, 0.25) is 0 Å². The summed E-state index contributed by atoms with van der Waals surface area (Å²) in [5.41, 5.74) is 0. The molecule has 3 nitrogen and oxygen atoms in total. The van der Waals surface area contributed by atoms with Crippen LogP contribution in [0.3, 0.4) is 0 Å². The molecule has 1 saturated heterocycles.